The molecule has 1 fully saturated rings. The van der Waals surface area contributed by atoms with Crippen LogP contribution in [0.15, 0.2) is 30.3 Å². The van der Waals surface area contributed by atoms with Gasteiger partial charge in [-0.2, -0.15) is 0 Å². The molecular formula is C13H15NO3. The minimum atomic E-state index is -0.292. The number of benzene rings is 1. The highest BCUT2D eigenvalue weighted by Gasteiger charge is 2.35. The van der Waals surface area contributed by atoms with Gasteiger partial charge in [0, 0.05) is 18.9 Å². The summed E-state index contributed by atoms with van der Waals surface area (Å²) in [5, 5.41) is 2.71. The molecule has 1 aromatic carbocycles. The summed E-state index contributed by atoms with van der Waals surface area (Å²) in [4.78, 5) is 23.1. The Morgan fingerprint density at radius 1 is 1.35 bits per heavy atom. The minimum absolute atomic E-state index is 0.0148. The zero-order valence-corrected chi connectivity index (χ0v) is 9.68. The number of hydrogen-bond acceptors (Lipinski definition) is 3. The first-order valence-electron chi connectivity index (χ1n) is 5.62. The topological polar surface area (TPSA) is 55.4 Å². The molecule has 90 valence electrons. The van der Waals surface area contributed by atoms with Crippen molar-refractivity contribution in [2.45, 2.75) is 12.3 Å². The Bertz CT molecular complexity index is 416. The molecule has 0 aliphatic carbocycles. The maximum absolute atomic E-state index is 11.7. The highest BCUT2D eigenvalue weighted by atomic mass is 16.5. The number of carbonyl (C=O) groups excluding carboxylic acids is 2. The Balaban J connectivity index is 2.26. The van der Waals surface area contributed by atoms with Crippen LogP contribution in [0.5, 0.6) is 0 Å². The van der Waals surface area contributed by atoms with E-state index in [0.29, 0.717) is 13.0 Å². The zero-order valence-electron chi connectivity index (χ0n) is 9.68. The van der Waals surface area contributed by atoms with Gasteiger partial charge < -0.3 is 10.1 Å². The second kappa shape index (κ2) is 4.99. The Hall–Kier alpha value is -1.84. The van der Waals surface area contributed by atoms with E-state index in [1.165, 1.54) is 7.11 Å². The number of esters is 1. The lowest BCUT2D eigenvalue weighted by atomic mass is 9.81. The van der Waals surface area contributed by atoms with Gasteiger partial charge in [-0.3, -0.25) is 9.59 Å². The molecule has 4 nitrogen and oxygen atoms in total. The first-order valence-corrected chi connectivity index (χ1v) is 5.62. The lowest BCUT2D eigenvalue weighted by Gasteiger charge is -2.29. The van der Waals surface area contributed by atoms with Crippen molar-refractivity contribution in [3.63, 3.8) is 0 Å². The molecule has 0 spiro atoms. The Morgan fingerprint density at radius 2 is 2.06 bits per heavy atom. The molecule has 1 heterocycles. The first-order chi connectivity index (χ1) is 8.22. The molecule has 0 bridgehead atoms. The van der Waals surface area contributed by atoms with E-state index in [4.69, 9.17) is 4.74 Å². The molecule has 17 heavy (non-hydrogen) atoms. The van der Waals surface area contributed by atoms with Crippen LogP contribution in [0.25, 0.3) is 0 Å². The molecule has 2 rings (SSSR count). The van der Waals surface area contributed by atoms with Gasteiger partial charge in [0.25, 0.3) is 0 Å². The van der Waals surface area contributed by atoms with E-state index in [-0.39, 0.29) is 23.7 Å². The van der Waals surface area contributed by atoms with Crippen LogP contribution >= 0.6 is 0 Å². The summed E-state index contributed by atoms with van der Waals surface area (Å²) >= 11 is 0. The zero-order chi connectivity index (χ0) is 12.3. The van der Waals surface area contributed by atoms with Gasteiger partial charge in [-0.15, -0.1) is 0 Å². The lowest BCUT2D eigenvalue weighted by molar-refractivity contribution is -0.147. The van der Waals surface area contributed by atoms with Crippen LogP contribution in [0.3, 0.4) is 0 Å². The summed E-state index contributed by atoms with van der Waals surface area (Å²) in [5.41, 5.74) is 1.01. The molecule has 1 aromatic rings. The highest BCUT2D eigenvalue weighted by molar-refractivity contribution is 5.83. The number of piperidine rings is 1. The van der Waals surface area contributed by atoms with E-state index in [2.05, 4.69) is 5.32 Å². The summed E-state index contributed by atoms with van der Waals surface area (Å²) in [7, 11) is 1.38. The van der Waals surface area contributed by atoms with E-state index in [0.717, 1.165) is 5.56 Å². The molecule has 0 radical (unpaired) electrons. The lowest BCUT2D eigenvalue weighted by Crippen LogP contribution is -2.43. The fourth-order valence-corrected chi connectivity index (χ4v) is 2.23. The summed E-state index contributed by atoms with van der Waals surface area (Å²) in [5.74, 6) is -0.657. The van der Waals surface area contributed by atoms with E-state index in [1.807, 2.05) is 30.3 Å². The number of rotatable bonds is 2. The molecule has 1 amide bonds. The molecule has 2 atom stereocenters. The van der Waals surface area contributed by atoms with E-state index >= 15 is 0 Å². The Labute approximate surface area is 100.0 Å². The molecular weight excluding hydrogens is 218 g/mol. The van der Waals surface area contributed by atoms with E-state index < -0.39 is 0 Å². The molecule has 1 saturated heterocycles. The quantitative estimate of drug-likeness (QED) is 0.778. The number of nitrogens with one attached hydrogen (secondary N) is 1. The Kier molecular flexibility index (Phi) is 3.42. The molecule has 1 N–H and O–H groups in total. The third-order valence-corrected chi connectivity index (χ3v) is 3.14. The van der Waals surface area contributed by atoms with Gasteiger partial charge in [0.15, 0.2) is 0 Å². The molecule has 4 heteroatoms. The molecule has 0 unspecified atom stereocenters. The van der Waals surface area contributed by atoms with Crippen LogP contribution in [-0.4, -0.2) is 25.5 Å². The number of methoxy groups -OCH3 is 1. The molecule has 0 aromatic heterocycles. The van der Waals surface area contributed by atoms with Crippen LogP contribution in [0, 0.1) is 5.92 Å². The molecule has 1 aliphatic heterocycles. The standard InChI is InChI=1S/C13H15NO3/c1-17-13(16)11-8-14-12(15)7-10(11)9-5-3-2-4-6-9/h2-6,10-11H,7-8H2,1H3,(H,14,15)/t10-,11+/m1/s1. The maximum atomic E-state index is 11.7. The minimum Gasteiger partial charge on any atom is -0.469 e. The van der Waals surface area contributed by atoms with Crippen molar-refractivity contribution in [1.29, 1.82) is 0 Å². The molecule has 1 aliphatic rings. The fourth-order valence-electron chi connectivity index (χ4n) is 2.23. The van der Waals surface area contributed by atoms with Crippen LogP contribution in [0.2, 0.25) is 0 Å². The van der Waals surface area contributed by atoms with Crippen molar-refractivity contribution in [3.05, 3.63) is 35.9 Å². The second-order valence-corrected chi connectivity index (χ2v) is 4.16. The average molecular weight is 233 g/mol. The Morgan fingerprint density at radius 3 is 2.71 bits per heavy atom. The van der Waals surface area contributed by atoms with Crippen molar-refractivity contribution >= 4 is 11.9 Å². The van der Waals surface area contributed by atoms with Crippen molar-refractivity contribution in [2.24, 2.45) is 5.92 Å². The van der Waals surface area contributed by atoms with Crippen molar-refractivity contribution in [3.8, 4) is 0 Å². The summed E-state index contributed by atoms with van der Waals surface area (Å²) in [6.07, 6.45) is 0.337. The van der Waals surface area contributed by atoms with Gasteiger partial charge >= 0.3 is 5.97 Å². The predicted octanol–water partition coefficient (Wildman–Crippen LogP) is 1.08. The monoisotopic (exact) mass is 233 g/mol. The third-order valence-electron chi connectivity index (χ3n) is 3.14. The fraction of sp³-hybridized carbons (Fsp3) is 0.385. The van der Waals surface area contributed by atoms with Gasteiger partial charge in [0.1, 0.15) is 0 Å². The summed E-state index contributed by atoms with van der Waals surface area (Å²) in [6, 6.07) is 9.63. The number of ether oxygens (including phenoxy) is 1. The number of carbonyl (C=O) groups is 2. The first kappa shape index (κ1) is 11.6. The van der Waals surface area contributed by atoms with E-state index in [1.54, 1.807) is 0 Å². The normalized spacial score (nSPS) is 23.9. The summed E-state index contributed by atoms with van der Waals surface area (Å²) in [6.45, 7) is 0.352. The van der Waals surface area contributed by atoms with Crippen molar-refractivity contribution in [1.82, 2.24) is 5.32 Å². The van der Waals surface area contributed by atoms with Gasteiger partial charge in [0.2, 0.25) is 5.91 Å². The van der Waals surface area contributed by atoms with Crippen LogP contribution in [-0.2, 0) is 14.3 Å². The average Bonchev–Trinajstić information content (AvgIpc) is 2.39. The van der Waals surface area contributed by atoms with Crippen LogP contribution in [0.4, 0.5) is 0 Å². The number of amides is 1. The van der Waals surface area contributed by atoms with Gasteiger partial charge in [0.05, 0.1) is 13.0 Å². The summed E-state index contributed by atoms with van der Waals surface area (Å²) < 4.78 is 4.79. The van der Waals surface area contributed by atoms with Crippen molar-refractivity contribution < 1.29 is 14.3 Å². The largest absolute Gasteiger partial charge is 0.469 e. The smallest absolute Gasteiger partial charge is 0.311 e. The van der Waals surface area contributed by atoms with Gasteiger partial charge in [-0.25, -0.2) is 0 Å². The number of hydrogen-bond donors (Lipinski definition) is 1. The van der Waals surface area contributed by atoms with Crippen molar-refractivity contribution in [2.75, 3.05) is 13.7 Å². The SMILES string of the molecule is COC(=O)[C@H]1CNC(=O)C[C@@H]1c1ccccc1. The van der Waals surface area contributed by atoms with Gasteiger partial charge in [-0.05, 0) is 5.56 Å². The molecule has 0 saturated carbocycles. The van der Waals surface area contributed by atoms with Gasteiger partial charge in [-0.1, -0.05) is 30.3 Å². The maximum Gasteiger partial charge on any atom is 0.311 e. The highest BCUT2D eigenvalue weighted by Crippen LogP contribution is 2.31. The van der Waals surface area contributed by atoms with Crippen LogP contribution < -0.4 is 5.32 Å². The van der Waals surface area contributed by atoms with Crippen LogP contribution in [0.1, 0.15) is 17.9 Å². The van der Waals surface area contributed by atoms with E-state index in [9.17, 15) is 9.59 Å². The second-order valence-electron chi connectivity index (χ2n) is 4.16. The predicted molar refractivity (Wildman–Crippen MR) is 62.3 cm³/mol. The third kappa shape index (κ3) is 2.46.